The first-order valence-electron chi connectivity index (χ1n) is 10.7. The fourth-order valence-corrected chi connectivity index (χ4v) is 3.87. The molecule has 158 valence electrons. The van der Waals surface area contributed by atoms with Gasteiger partial charge in [0.25, 0.3) is 0 Å². The molecule has 31 heavy (non-hydrogen) atoms. The number of fused-ring (bicyclic) bond motifs is 1. The van der Waals surface area contributed by atoms with Gasteiger partial charge in [0.05, 0.1) is 12.3 Å². The lowest BCUT2D eigenvalue weighted by Crippen LogP contribution is -2.40. The second kappa shape index (κ2) is 9.51. The molecule has 4 rings (SSSR count). The van der Waals surface area contributed by atoms with E-state index in [2.05, 4.69) is 29.0 Å². The molecule has 1 aliphatic heterocycles. The van der Waals surface area contributed by atoms with Crippen molar-refractivity contribution in [3.63, 3.8) is 0 Å². The summed E-state index contributed by atoms with van der Waals surface area (Å²) < 4.78 is 0. The number of hydrogen-bond acceptors (Lipinski definition) is 5. The molecule has 1 aromatic carbocycles. The molecule has 1 amide bonds. The Bertz CT molecular complexity index is 1060. The Labute approximate surface area is 183 Å². The number of aromatic nitrogens is 2. The van der Waals surface area contributed by atoms with Gasteiger partial charge in [0.2, 0.25) is 5.91 Å². The third-order valence-electron chi connectivity index (χ3n) is 5.52. The second-order valence-corrected chi connectivity index (χ2v) is 7.60. The molecule has 6 nitrogen and oxygen atoms in total. The second-order valence-electron chi connectivity index (χ2n) is 7.60. The molecular weight excluding hydrogens is 386 g/mol. The van der Waals surface area contributed by atoms with Gasteiger partial charge in [-0.05, 0) is 48.7 Å². The number of aryl methyl sites for hydroxylation is 1. The highest BCUT2D eigenvalue weighted by molar-refractivity contribution is 6.03. The van der Waals surface area contributed by atoms with Gasteiger partial charge in [-0.1, -0.05) is 25.1 Å². The lowest BCUT2D eigenvalue weighted by atomic mass is 9.99. The Hall–Kier alpha value is -3.54. The first kappa shape index (κ1) is 20.7. The summed E-state index contributed by atoms with van der Waals surface area (Å²) in [7, 11) is 0. The highest BCUT2D eigenvalue weighted by Gasteiger charge is 2.23. The molecule has 0 fully saturated rings. The van der Waals surface area contributed by atoms with E-state index >= 15 is 0 Å². The minimum atomic E-state index is 0.0311. The van der Waals surface area contributed by atoms with E-state index in [4.69, 9.17) is 5.10 Å². The number of carbonyl (C=O) groups excluding carboxylic acids is 1. The standard InChI is InChI=1S/C25H27N5O/c1-3-19-7-9-22(10-8-19)30(4-2)25(31)18-29-17-21-16-27-13-11-23(21)24(28-29)14-20-6-5-12-26-15-20/h5-13,15-16H,3-4,14,17-18H2,1-2H3. The van der Waals surface area contributed by atoms with Gasteiger partial charge in [-0.3, -0.25) is 19.8 Å². The van der Waals surface area contributed by atoms with Gasteiger partial charge in [0.15, 0.2) is 0 Å². The van der Waals surface area contributed by atoms with Crippen LogP contribution < -0.4 is 4.90 Å². The number of amides is 1. The van der Waals surface area contributed by atoms with Gasteiger partial charge >= 0.3 is 0 Å². The predicted molar refractivity (Wildman–Crippen MR) is 123 cm³/mol. The van der Waals surface area contributed by atoms with Crippen LogP contribution in [0.5, 0.6) is 0 Å². The number of hydrazone groups is 1. The van der Waals surface area contributed by atoms with Gasteiger partial charge < -0.3 is 4.90 Å². The van der Waals surface area contributed by atoms with Gasteiger partial charge in [-0.15, -0.1) is 0 Å². The number of benzene rings is 1. The number of likely N-dealkylation sites (N-methyl/N-ethyl adjacent to an activating group) is 1. The van der Waals surface area contributed by atoms with E-state index in [-0.39, 0.29) is 12.5 Å². The number of hydrogen-bond donors (Lipinski definition) is 0. The minimum absolute atomic E-state index is 0.0311. The van der Waals surface area contributed by atoms with Crippen molar-refractivity contribution in [2.24, 2.45) is 5.10 Å². The van der Waals surface area contributed by atoms with Crippen LogP contribution in [0.3, 0.4) is 0 Å². The van der Waals surface area contributed by atoms with Gasteiger partial charge in [-0.2, -0.15) is 5.10 Å². The third kappa shape index (κ3) is 4.79. The summed E-state index contributed by atoms with van der Waals surface area (Å²) in [6.07, 6.45) is 8.91. The highest BCUT2D eigenvalue weighted by Crippen LogP contribution is 2.22. The Morgan fingerprint density at radius 3 is 2.52 bits per heavy atom. The van der Waals surface area contributed by atoms with Crippen LogP contribution in [0.4, 0.5) is 5.69 Å². The van der Waals surface area contributed by atoms with E-state index in [0.717, 1.165) is 34.5 Å². The highest BCUT2D eigenvalue weighted by atomic mass is 16.2. The average Bonchev–Trinajstić information content (AvgIpc) is 2.81. The first-order valence-corrected chi connectivity index (χ1v) is 10.7. The van der Waals surface area contributed by atoms with Crippen molar-refractivity contribution in [3.05, 3.63) is 89.5 Å². The smallest absolute Gasteiger partial charge is 0.248 e. The van der Waals surface area contributed by atoms with E-state index < -0.39 is 0 Å². The summed E-state index contributed by atoms with van der Waals surface area (Å²) in [6.45, 7) is 5.52. The molecule has 3 heterocycles. The number of carbonyl (C=O) groups is 1. The average molecular weight is 414 g/mol. The van der Waals surface area contributed by atoms with Gasteiger partial charge in [0, 0.05) is 54.6 Å². The molecule has 2 aromatic heterocycles. The maximum absolute atomic E-state index is 13.2. The molecule has 0 unspecified atom stereocenters. The molecule has 0 radical (unpaired) electrons. The number of nitrogens with zero attached hydrogens (tertiary/aromatic N) is 5. The van der Waals surface area contributed by atoms with Crippen molar-refractivity contribution in [2.75, 3.05) is 18.0 Å². The Morgan fingerprint density at radius 2 is 1.81 bits per heavy atom. The largest absolute Gasteiger partial charge is 0.311 e. The Kier molecular flexibility index (Phi) is 6.36. The normalized spacial score (nSPS) is 12.8. The van der Waals surface area contributed by atoms with Crippen molar-refractivity contribution >= 4 is 17.3 Å². The summed E-state index contributed by atoms with van der Waals surface area (Å²) in [5.74, 6) is 0.0311. The molecule has 0 saturated carbocycles. The molecule has 0 N–H and O–H groups in total. The van der Waals surface area contributed by atoms with Gasteiger partial charge in [-0.25, -0.2) is 0 Å². The molecule has 0 atom stereocenters. The lowest BCUT2D eigenvalue weighted by Gasteiger charge is -2.29. The van der Waals surface area contributed by atoms with Crippen molar-refractivity contribution in [2.45, 2.75) is 33.2 Å². The molecule has 0 bridgehead atoms. The van der Waals surface area contributed by atoms with Crippen molar-refractivity contribution in [1.82, 2.24) is 15.0 Å². The fraction of sp³-hybridized carbons (Fsp3) is 0.280. The summed E-state index contributed by atoms with van der Waals surface area (Å²) >= 11 is 0. The monoisotopic (exact) mass is 413 g/mol. The van der Waals surface area contributed by atoms with Crippen LogP contribution >= 0.6 is 0 Å². The van der Waals surface area contributed by atoms with Gasteiger partial charge in [0.1, 0.15) is 6.54 Å². The number of pyridine rings is 2. The molecule has 6 heteroatoms. The molecule has 1 aliphatic rings. The summed E-state index contributed by atoms with van der Waals surface area (Å²) in [5, 5.41) is 6.69. The molecule has 3 aromatic rings. The van der Waals surface area contributed by atoms with Crippen LogP contribution in [0.15, 0.2) is 72.4 Å². The van der Waals surface area contributed by atoms with Crippen LogP contribution in [-0.2, 0) is 24.2 Å². The topological polar surface area (TPSA) is 61.7 Å². The molecule has 0 saturated heterocycles. The van der Waals surface area contributed by atoms with E-state index in [1.165, 1.54) is 5.56 Å². The van der Waals surface area contributed by atoms with Crippen LogP contribution in [0.2, 0.25) is 0 Å². The molecule has 0 aliphatic carbocycles. The molecule has 0 spiro atoms. The maximum atomic E-state index is 13.2. The number of anilines is 1. The zero-order valence-corrected chi connectivity index (χ0v) is 18.0. The minimum Gasteiger partial charge on any atom is -0.311 e. The SMILES string of the molecule is CCc1ccc(N(CC)C(=O)CN2Cc3cnccc3C(Cc3cccnc3)=N2)cc1. The zero-order valence-electron chi connectivity index (χ0n) is 18.0. The zero-order chi connectivity index (χ0) is 21.6. The summed E-state index contributed by atoms with van der Waals surface area (Å²) in [4.78, 5) is 23.5. The van der Waals surface area contributed by atoms with E-state index in [1.54, 1.807) is 12.4 Å². The fourth-order valence-electron chi connectivity index (χ4n) is 3.87. The summed E-state index contributed by atoms with van der Waals surface area (Å²) in [6, 6.07) is 14.2. The Morgan fingerprint density at radius 1 is 1.00 bits per heavy atom. The Balaban J connectivity index is 1.55. The van der Waals surface area contributed by atoms with E-state index in [0.29, 0.717) is 19.5 Å². The predicted octanol–water partition coefficient (Wildman–Crippen LogP) is 3.85. The van der Waals surface area contributed by atoms with Crippen LogP contribution in [0, 0.1) is 0 Å². The number of rotatable bonds is 7. The maximum Gasteiger partial charge on any atom is 0.248 e. The van der Waals surface area contributed by atoms with Crippen LogP contribution in [-0.4, -0.2) is 39.7 Å². The van der Waals surface area contributed by atoms with Crippen LogP contribution in [0.1, 0.15) is 36.1 Å². The van der Waals surface area contributed by atoms with Crippen LogP contribution in [0.25, 0.3) is 0 Å². The van der Waals surface area contributed by atoms with E-state index in [9.17, 15) is 4.79 Å². The third-order valence-corrected chi connectivity index (χ3v) is 5.52. The van der Waals surface area contributed by atoms with E-state index in [1.807, 2.05) is 59.6 Å². The van der Waals surface area contributed by atoms with Crippen molar-refractivity contribution in [1.29, 1.82) is 0 Å². The van der Waals surface area contributed by atoms with Crippen molar-refractivity contribution < 1.29 is 4.79 Å². The first-order chi connectivity index (χ1) is 15.2. The lowest BCUT2D eigenvalue weighted by molar-refractivity contribution is -0.119. The summed E-state index contributed by atoms with van der Waals surface area (Å²) in [5.41, 5.74) is 6.37. The quantitative estimate of drug-likeness (QED) is 0.590. The van der Waals surface area contributed by atoms with Crippen molar-refractivity contribution in [3.8, 4) is 0 Å². The molecular formula is C25H27N5O.